The Bertz CT molecular complexity index is 1290. The molecular weight excluding hydrogens is 318 g/mol. The van der Waals surface area contributed by atoms with Crippen molar-refractivity contribution in [3.63, 3.8) is 0 Å². The van der Waals surface area contributed by atoms with Crippen LogP contribution in [-0.4, -0.2) is 4.98 Å². The standard InChI is InChI=1S/C23H20N3/c1-15-10-11-18-20(13-15)25-12-5-4-9-19(25)23-24-14-21(26(18)23)22-16(2)7-6-8-17(22)3/h4-14H,1-3H3/q+1/p+1. The highest BCUT2D eigenvalue weighted by atomic mass is 15.1. The van der Waals surface area contributed by atoms with Gasteiger partial charge in [0.25, 0.3) is 5.52 Å². The maximum Gasteiger partial charge on any atom is 0.359 e. The van der Waals surface area contributed by atoms with Crippen LogP contribution in [0.5, 0.6) is 0 Å². The first-order valence-electron chi connectivity index (χ1n) is 8.97. The predicted molar refractivity (Wildman–Crippen MR) is 104 cm³/mol. The highest BCUT2D eigenvalue weighted by molar-refractivity contribution is 5.77. The minimum absolute atomic E-state index is 1.11. The molecule has 3 aromatic heterocycles. The lowest BCUT2D eigenvalue weighted by atomic mass is 10.0. The van der Waals surface area contributed by atoms with E-state index in [1.807, 2.05) is 0 Å². The molecule has 0 radical (unpaired) electrons. The quantitative estimate of drug-likeness (QED) is 0.349. The molecule has 26 heavy (non-hydrogen) atoms. The number of aryl methyl sites for hydroxylation is 3. The number of fused-ring (bicyclic) bond motifs is 6. The van der Waals surface area contributed by atoms with E-state index < -0.39 is 0 Å². The Labute approximate surface area is 152 Å². The van der Waals surface area contributed by atoms with Gasteiger partial charge in [-0.05, 0) is 49.6 Å². The predicted octanol–water partition coefficient (Wildman–Crippen LogP) is 4.24. The van der Waals surface area contributed by atoms with Crippen LogP contribution in [0.1, 0.15) is 16.7 Å². The van der Waals surface area contributed by atoms with Crippen molar-refractivity contribution in [2.75, 3.05) is 0 Å². The number of hydrogen-bond acceptors (Lipinski definition) is 0. The van der Waals surface area contributed by atoms with Crippen LogP contribution in [0.2, 0.25) is 0 Å². The molecule has 3 heteroatoms. The SMILES string of the molecule is Cc1ccc2c(c1)[n+]1ccccc1c1[nH]cc(-c3c(C)cccc3C)[n+]21. The zero-order valence-electron chi connectivity index (χ0n) is 15.2. The average molecular weight is 339 g/mol. The van der Waals surface area contributed by atoms with Crippen molar-refractivity contribution < 1.29 is 8.80 Å². The summed E-state index contributed by atoms with van der Waals surface area (Å²) in [5.74, 6) is 0. The fourth-order valence-corrected chi connectivity index (χ4v) is 4.09. The maximum atomic E-state index is 3.53. The number of benzene rings is 2. The summed E-state index contributed by atoms with van der Waals surface area (Å²) < 4.78 is 4.63. The lowest BCUT2D eigenvalue weighted by molar-refractivity contribution is -0.519. The lowest BCUT2D eigenvalue weighted by Gasteiger charge is -2.07. The molecular formula is C23H21N3+2. The first-order chi connectivity index (χ1) is 12.6. The summed E-state index contributed by atoms with van der Waals surface area (Å²) in [6.07, 6.45) is 4.27. The van der Waals surface area contributed by atoms with E-state index in [4.69, 9.17) is 0 Å². The van der Waals surface area contributed by atoms with Gasteiger partial charge in [-0.25, -0.2) is 4.98 Å². The Morgan fingerprint density at radius 3 is 2.38 bits per heavy atom. The van der Waals surface area contributed by atoms with Gasteiger partial charge >= 0.3 is 11.2 Å². The number of rotatable bonds is 1. The van der Waals surface area contributed by atoms with Crippen molar-refractivity contribution in [3.8, 4) is 11.3 Å². The number of nitrogens with zero attached hydrogens (tertiary/aromatic N) is 2. The molecule has 0 aliphatic carbocycles. The summed E-state index contributed by atoms with van der Waals surface area (Å²) in [6, 6.07) is 19.5. The molecule has 5 rings (SSSR count). The summed E-state index contributed by atoms with van der Waals surface area (Å²) in [4.78, 5) is 3.53. The normalized spacial score (nSPS) is 11.7. The van der Waals surface area contributed by atoms with Crippen LogP contribution < -0.4 is 8.80 Å². The maximum absolute atomic E-state index is 3.53. The molecule has 0 bridgehead atoms. The first kappa shape index (κ1) is 15.1. The highest BCUT2D eigenvalue weighted by Crippen LogP contribution is 2.26. The lowest BCUT2D eigenvalue weighted by Crippen LogP contribution is -2.34. The Morgan fingerprint density at radius 2 is 1.58 bits per heavy atom. The molecule has 2 aromatic carbocycles. The molecule has 0 saturated carbocycles. The molecule has 126 valence electrons. The second-order valence-electron chi connectivity index (χ2n) is 7.07. The molecule has 0 saturated heterocycles. The molecule has 0 fully saturated rings. The number of aromatic nitrogens is 3. The number of pyridine rings is 1. The summed E-state index contributed by atoms with van der Waals surface area (Å²) in [5, 5.41) is 0. The van der Waals surface area contributed by atoms with Crippen molar-refractivity contribution in [2.45, 2.75) is 20.8 Å². The smallest absolute Gasteiger partial charge is 0.237 e. The van der Waals surface area contributed by atoms with Gasteiger partial charge < -0.3 is 0 Å². The van der Waals surface area contributed by atoms with Crippen molar-refractivity contribution in [3.05, 3.63) is 83.7 Å². The van der Waals surface area contributed by atoms with Crippen LogP contribution in [0, 0.1) is 20.8 Å². The minimum Gasteiger partial charge on any atom is -0.237 e. The summed E-state index contributed by atoms with van der Waals surface area (Å²) >= 11 is 0. The number of aromatic amines is 1. The number of hydrogen-bond donors (Lipinski definition) is 1. The monoisotopic (exact) mass is 339 g/mol. The van der Waals surface area contributed by atoms with E-state index in [-0.39, 0.29) is 0 Å². The molecule has 0 unspecified atom stereocenters. The van der Waals surface area contributed by atoms with Crippen LogP contribution in [0.25, 0.3) is 33.5 Å². The summed E-state index contributed by atoms with van der Waals surface area (Å²) in [6.45, 7) is 6.51. The van der Waals surface area contributed by atoms with Crippen LogP contribution in [-0.2, 0) is 0 Å². The number of nitrogens with one attached hydrogen (secondary N) is 1. The fourth-order valence-electron chi connectivity index (χ4n) is 4.09. The van der Waals surface area contributed by atoms with Crippen molar-refractivity contribution in [2.24, 2.45) is 0 Å². The van der Waals surface area contributed by atoms with Gasteiger partial charge in [-0.3, -0.25) is 0 Å². The van der Waals surface area contributed by atoms with Gasteiger partial charge in [-0.1, -0.05) is 24.3 Å². The second kappa shape index (κ2) is 5.40. The van der Waals surface area contributed by atoms with E-state index in [1.54, 1.807) is 0 Å². The van der Waals surface area contributed by atoms with Crippen LogP contribution in [0.4, 0.5) is 0 Å². The third kappa shape index (κ3) is 2.00. The number of imidazole rings is 1. The van der Waals surface area contributed by atoms with Gasteiger partial charge in [0.1, 0.15) is 6.20 Å². The molecule has 1 N–H and O–H groups in total. The third-order valence-electron chi connectivity index (χ3n) is 5.28. The van der Waals surface area contributed by atoms with Crippen LogP contribution >= 0.6 is 0 Å². The molecule has 0 aliphatic heterocycles. The second-order valence-corrected chi connectivity index (χ2v) is 7.07. The fraction of sp³-hybridized carbons (Fsp3) is 0.130. The van der Waals surface area contributed by atoms with Gasteiger partial charge in [-0.2, -0.15) is 4.40 Å². The first-order valence-corrected chi connectivity index (χ1v) is 8.97. The van der Waals surface area contributed by atoms with Crippen molar-refractivity contribution in [1.29, 1.82) is 0 Å². The molecule has 0 amide bonds. The Morgan fingerprint density at radius 1 is 0.769 bits per heavy atom. The zero-order chi connectivity index (χ0) is 17.8. The molecule has 5 aromatic rings. The van der Waals surface area contributed by atoms with E-state index in [0.717, 1.165) is 5.65 Å². The van der Waals surface area contributed by atoms with Gasteiger partial charge in [-0.15, -0.1) is 4.40 Å². The van der Waals surface area contributed by atoms with Crippen molar-refractivity contribution >= 4 is 22.2 Å². The van der Waals surface area contributed by atoms with E-state index >= 15 is 0 Å². The summed E-state index contributed by atoms with van der Waals surface area (Å²) in [7, 11) is 0. The Kier molecular flexibility index (Phi) is 3.13. The minimum atomic E-state index is 1.11. The van der Waals surface area contributed by atoms with Crippen molar-refractivity contribution in [1.82, 2.24) is 4.98 Å². The average Bonchev–Trinajstić information content (AvgIpc) is 3.07. The van der Waals surface area contributed by atoms with E-state index in [9.17, 15) is 0 Å². The third-order valence-corrected chi connectivity index (χ3v) is 5.28. The molecule has 0 aliphatic rings. The molecule has 3 heterocycles. The van der Waals surface area contributed by atoms with Crippen LogP contribution in [0.15, 0.2) is 67.0 Å². The van der Waals surface area contributed by atoms with E-state index in [0.29, 0.717) is 0 Å². The molecule has 0 spiro atoms. The Hall–Kier alpha value is -3.20. The molecule has 0 atom stereocenters. The summed E-state index contributed by atoms with van der Waals surface area (Å²) in [5.41, 5.74) is 11.0. The van der Waals surface area contributed by atoms with Gasteiger partial charge in [0.05, 0.1) is 0 Å². The number of H-pyrrole nitrogens is 1. The highest BCUT2D eigenvalue weighted by Gasteiger charge is 2.27. The van der Waals surface area contributed by atoms with Crippen LogP contribution in [0.3, 0.4) is 0 Å². The van der Waals surface area contributed by atoms with E-state index in [2.05, 4.69) is 102 Å². The van der Waals surface area contributed by atoms with Gasteiger partial charge in [0.15, 0.2) is 11.9 Å². The van der Waals surface area contributed by atoms with E-state index in [1.165, 1.54) is 44.5 Å². The largest absolute Gasteiger partial charge is 0.359 e. The topological polar surface area (TPSA) is 24.0 Å². The van der Waals surface area contributed by atoms with Gasteiger partial charge in [0, 0.05) is 23.8 Å². The zero-order valence-corrected chi connectivity index (χ0v) is 15.2. The molecule has 3 nitrogen and oxygen atoms in total. The Balaban J connectivity index is 2.05. The van der Waals surface area contributed by atoms with Gasteiger partial charge in [0.2, 0.25) is 5.52 Å².